The molecule has 0 saturated heterocycles. The molecule has 0 spiro atoms. The Morgan fingerprint density at radius 3 is 0.968 bits per heavy atom. The first-order valence-electron chi connectivity index (χ1n) is 55.1. The van der Waals surface area contributed by atoms with E-state index in [0.29, 0.717) is 0 Å². The number of benzene rings is 19. The molecule has 0 unspecified atom stereocenters. The number of rotatable bonds is 4. The van der Waals surface area contributed by atoms with Crippen LogP contribution in [0.5, 0.6) is 0 Å². The van der Waals surface area contributed by atoms with E-state index in [1.54, 1.807) is 0 Å². The molecule has 0 atom stereocenters. The topological polar surface area (TPSA) is 26.3 Å². The van der Waals surface area contributed by atoms with Crippen molar-refractivity contribution in [1.82, 2.24) is 0 Å². The summed E-state index contributed by atoms with van der Waals surface area (Å²) in [5.74, 6) is 0. The minimum atomic E-state index is -1.02. The number of furan rings is 2. The second-order valence-corrected chi connectivity index (χ2v) is 21.0. The lowest BCUT2D eigenvalue weighted by atomic mass is 9.83. The van der Waals surface area contributed by atoms with Gasteiger partial charge in [0.05, 0.1) is 74.0 Å². The quantitative estimate of drug-likeness (QED) is 0.130. The Morgan fingerprint density at radius 2 is 0.489 bits per heavy atom. The summed E-state index contributed by atoms with van der Waals surface area (Å²) in [6, 6.07) is -47.4. The molecule has 434 valence electrons. The molecule has 21 aromatic rings. The lowest BCUT2D eigenvalue weighted by Gasteiger charge is -2.20. The Balaban J connectivity index is 0.000000180. The van der Waals surface area contributed by atoms with Gasteiger partial charge in [-0.1, -0.05) is 266 Å². The zero-order chi connectivity index (χ0) is 109. The molecule has 94 heavy (non-hydrogen) atoms. The van der Waals surface area contributed by atoms with Crippen molar-refractivity contribution in [3.05, 3.63) is 326 Å². The fourth-order valence-corrected chi connectivity index (χ4v) is 12.1. The standard InChI is InChI=1S/C48H28O.C44H26O/c1-2-13-31-28-45-42(25-30(31)12-1)41-26-33(23-24-44(41)49-45)47-37-17-7-9-19-39(37)48(40-20-10-8-18-38(40)47)43-27-32-22-21-29-11-3-4-14-34(29)46(32)36-16-6-5-15-35(36)43;1-2-11-29-26-42-40(24-28(29)10-1)39-25-32(20-22-41(39)45-42)44-37-15-7-5-13-35(37)43(36-14-6-8-16-38(36)44)31-19-21-34-30(23-31)18-17-27-9-3-4-12-33(27)34/h1-28H;1-26H/i1D,2D,3D,4D,5D,6D,7D,8D,9D,10D,11D,12D,13D,14D,15D,16D,17D,18D,19D,20D,21D,22D,23D,24D,25D,26D,27D,28D;1D,2D,3D,4D,5D,6D,7D,8D,9D,10D,11D,12D,13D,14D,15D,16D,17D,18D,19D,20D,21D,22D,23D,24D,25D,26D. The third kappa shape index (κ3) is 8.03. The molecule has 0 radical (unpaired) electrons. The van der Waals surface area contributed by atoms with Gasteiger partial charge in [0.1, 0.15) is 22.3 Å². The van der Waals surface area contributed by atoms with E-state index < -0.39 is 533 Å². The van der Waals surface area contributed by atoms with Crippen molar-refractivity contribution >= 4 is 162 Å². The van der Waals surface area contributed by atoms with Crippen LogP contribution in [0, 0.1) is 0 Å². The smallest absolute Gasteiger partial charge is 0.136 e. The summed E-state index contributed by atoms with van der Waals surface area (Å²) in [6.07, 6.45) is 0. The molecule has 0 amide bonds. The van der Waals surface area contributed by atoms with Gasteiger partial charge >= 0.3 is 0 Å². The van der Waals surface area contributed by atoms with Crippen LogP contribution in [0.25, 0.3) is 207 Å². The molecule has 2 heterocycles. The highest BCUT2D eigenvalue weighted by molar-refractivity contribution is 6.30. The van der Waals surface area contributed by atoms with Crippen LogP contribution in [-0.4, -0.2) is 0 Å². The molecule has 21 rings (SSSR count). The van der Waals surface area contributed by atoms with Crippen molar-refractivity contribution < 1.29 is 82.9 Å². The van der Waals surface area contributed by atoms with Gasteiger partial charge in [-0.25, -0.2) is 0 Å². The van der Waals surface area contributed by atoms with Crippen LogP contribution in [0.2, 0.25) is 0 Å². The van der Waals surface area contributed by atoms with E-state index in [2.05, 4.69) is 0 Å². The average molecular weight is 1250 g/mol. The van der Waals surface area contributed by atoms with Gasteiger partial charge in [-0.2, -0.15) is 0 Å². The van der Waals surface area contributed by atoms with Crippen molar-refractivity contribution in [3.8, 4) is 44.5 Å². The molecular formula is C92H54O2. The zero-order valence-corrected chi connectivity index (χ0v) is 46.8. The maximum Gasteiger partial charge on any atom is 0.136 e. The Morgan fingerprint density at radius 1 is 0.170 bits per heavy atom. The van der Waals surface area contributed by atoms with Crippen LogP contribution < -0.4 is 0 Å². The summed E-state index contributed by atoms with van der Waals surface area (Å²) in [5.41, 5.74) is -8.22. The van der Waals surface area contributed by atoms with Gasteiger partial charge in [0.2, 0.25) is 0 Å². The first-order chi connectivity index (χ1) is 69.1. The van der Waals surface area contributed by atoms with E-state index in [4.69, 9.17) is 51.3 Å². The van der Waals surface area contributed by atoms with Crippen molar-refractivity contribution in [2.75, 3.05) is 0 Å². The van der Waals surface area contributed by atoms with Gasteiger partial charge in [-0.05, 0) is 223 Å². The Kier molecular flexibility index (Phi) is 4.86. The van der Waals surface area contributed by atoms with Crippen LogP contribution in [0.1, 0.15) is 74.0 Å². The van der Waals surface area contributed by atoms with Crippen molar-refractivity contribution in [2.24, 2.45) is 0 Å². The van der Waals surface area contributed by atoms with E-state index in [1.165, 1.54) is 0 Å². The fourth-order valence-electron chi connectivity index (χ4n) is 12.1. The summed E-state index contributed by atoms with van der Waals surface area (Å²) in [7, 11) is 0. The Bertz CT molecular complexity index is 10000. The van der Waals surface area contributed by atoms with Crippen LogP contribution in [-0.2, 0) is 0 Å². The Labute approximate surface area is 615 Å². The molecular weight excluding hydrogens is 1140 g/mol. The highest BCUT2D eigenvalue weighted by Crippen LogP contribution is 2.50. The summed E-state index contributed by atoms with van der Waals surface area (Å²) in [4.78, 5) is 0. The first-order valence-corrected chi connectivity index (χ1v) is 28.1. The molecule has 0 fully saturated rings. The van der Waals surface area contributed by atoms with E-state index in [9.17, 15) is 31.5 Å². The second-order valence-electron chi connectivity index (χ2n) is 21.0. The van der Waals surface area contributed by atoms with E-state index in [0.717, 1.165) is 0 Å². The Hall–Kier alpha value is -12.4. The lowest BCUT2D eigenvalue weighted by Crippen LogP contribution is -1.92. The van der Waals surface area contributed by atoms with Crippen LogP contribution in [0.15, 0.2) is 335 Å². The molecule has 19 aromatic carbocycles. The summed E-state index contributed by atoms with van der Waals surface area (Å²) >= 11 is 0. The van der Waals surface area contributed by atoms with Gasteiger partial charge in [0.25, 0.3) is 0 Å². The number of hydrogen-bond donors (Lipinski definition) is 0. The monoisotopic (exact) mass is 1240 g/mol. The normalized spacial score (nSPS) is 20.1. The third-order valence-electron chi connectivity index (χ3n) is 16.0. The van der Waals surface area contributed by atoms with Gasteiger partial charge in [-0.3, -0.25) is 0 Å². The highest BCUT2D eigenvalue weighted by Gasteiger charge is 2.23. The van der Waals surface area contributed by atoms with Crippen LogP contribution in [0.3, 0.4) is 0 Å². The van der Waals surface area contributed by atoms with Crippen molar-refractivity contribution in [2.45, 2.75) is 0 Å². The van der Waals surface area contributed by atoms with E-state index >= 15 is 0 Å². The predicted molar refractivity (Wildman–Crippen MR) is 402 cm³/mol. The zero-order valence-electron chi connectivity index (χ0n) is 101. The predicted octanol–water partition coefficient (Wildman–Crippen LogP) is 26.5. The number of fused-ring (bicyclic) bond motifs is 20. The first kappa shape index (κ1) is 22.2. The molecule has 2 aromatic heterocycles. The van der Waals surface area contributed by atoms with Gasteiger partial charge in [0.15, 0.2) is 0 Å². The second kappa shape index (κ2) is 20.6. The number of hydrogen-bond acceptors (Lipinski definition) is 2. The fraction of sp³-hybridized carbons (Fsp3) is 0. The van der Waals surface area contributed by atoms with Crippen molar-refractivity contribution in [3.63, 3.8) is 0 Å². The molecule has 2 heteroatoms. The maximum absolute atomic E-state index is 10.1. The lowest BCUT2D eigenvalue weighted by molar-refractivity contribution is 0.669. The van der Waals surface area contributed by atoms with Gasteiger partial charge in [-0.15, -0.1) is 0 Å². The van der Waals surface area contributed by atoms with E-state index in [-0.39, 0.29) is 0 Å². The average Bonchev–Trinajstić information content (AvgIpc) is 0.969. The molecule has 0 aliphatic heterocycles. The third-order valence-corrected chi connectivity index (χ3v) is 16.0. The highest BCUT2D eigenvalue weighted by atomic mass is 16.3. The summed E-state index contributed by atoms with van der Waals surface area (Å²) < 4.78 is 501. The molecule has 0 aliphatic rings. The molecule has 0 bridgehead atoms. The summed E-state index contributed by atoms with van der Waals surface area (Å²) in [5, 5.41) is -15.4. The SMILES string of the molecule is [2H]c1c(-c2c3c([2H])c([2H])c([2H])c([2H])c3c(-c3c([2H])c([2H])c4c(c3[2H])c([2H])c([2H])c3c([2H])c([2H])c([2H])c([2H])c34)c3c([2H])c([2H])c([2H])c([2H])c23)c([2H])c2c(oc3c([2H])c4c([2H])c([2H])c([2H])c([2H])c4c([2H])c32)c1[2H].[2H]c1c(-c2c3c([2H])c([2H])c([2H])c([2H])c3c(-c3c([2H])c4c([2H])c([2H])c5c([2H])c([2H])c([2H])c([2H])c5c4c4c([2H])c([2H])c([2H])c([2H])c34)c3c([2H])c([2H])c([2H])c([2H])c23)c([2H])c2c(oc3c([2H])c4c([2H])c([2H])c([2H])c([2H])c4c([2H])c32)c1[2H]. The largest absolute Gasteiger partial charge is 0.456 e. The summed E-state index contributed by atoms with van der Waals surface area (Å²) in [6.45, 7) is 0. The molecule has 0 saturated carbocycles. The van der Waals surface area contributed by atoms with E-state index in [1.807, 2.05) is 0 Å². The molecule has 2 nitrogen and oxygen atoms in total. The van der Waals surface area contributed by atoms with Crippen LogP contribution >= 0.6 is 0 Å². The minimum absolute atomic E-state index is 0.433. The molecule has 0 N–H and O–H groups in total. The van der Waals surface area contributed by atoms with Crippen LogP contribution in [0.4, 0.5) is 0 Å². The minimum Gasteiger partial charge on any atom is -0.456 e. The van der Waals surface area contributed by atoms with Gasteiger partial charge in [0, 0.05) is 21.5 Å². The van der Waals surface area contributed by atoms with Crippen molar-refractivity contribution in [1.29, 1.82) is 0 Å². The molecule has 0 aliphatic carbocycles. The van der Waals surface area contributed by atoms with Gasteiger partial charge < -0.3 is 8.83 Å². The maximum atomic E-state index is 10.1.